The van der Waals surface area contributed by atoms with Gasteiger partial charge in [0.2, 0.25) is 5.13 Å². The van der Waals surface area contributed by atoms with E-state index in [0.29, 0.717) is 10.4 Å². The Kier molecular flexibility index (Phi) is 5.20. The van der Waals surface area contributed by atoms with Gasteiger partial charge < -0.3 is 20.1 Å². The minimum absolute atomic E-state index is 0.212. The Bertz CT molecular complexity index is 930. The van der Waals surface area contributed by atoms with Gasteiger partial charge in [-0.2, -0.15) is 0 Å². The van der Waals surface area contributed by atoms with E-state index in [1.165, 1.54) is 11.3 Å². The normalized spacial score (nSPS) is 33.2. The Morgan fingerprint density at radius 2 is 1.79 bits per heavy atom. The Morgan fingerprint density at radius 1 is 1.11 bits per heavy atom. The van der Waals surface area contributed by atoms with Crippen molar-refractivity contribution in [1.82, 2.24) is 0 Å². The molecule has 0 bridgehead atoms. The number of thiophene rings is 1. The molecule has 0 radical (unpaired) electrons. The van der Waals surface area contributed by atoms with E-state index in [1.807, 2.05) is 30.3 Å². The second-order valence-corrected chi connectivity index (χ2v) is 8.78. The summed E-state index contributed by atoms with van der Waals surface area (Å²) in [4.78, 5) is 0.677. The van der Waals surface area contributed by atoms with Crippen LogP contribution in [0, 0.1) is 0 Å². The fraction of sp³-hybridized carbons (Fsp3) is 0.333. The summed E-state index contributed by atoms with van der Waals surface area (Å²) in [6.45, 7) is -0.731. The van der Waals surface area contributed by atoms with Crippen LogP contribution in [0.15, 0.2) is 60.7 Å². The number of aliphatic hydroxyl groups excluding tert-OH is 2. The topological polar surface area (TPSA) is 69.9 Å². The lowest BCUT2D eigenvalue weighted by molar-refractivity contribution is -0.274. The highest BCUT2D eigenvalue weighted by molar-refractivity contribution is 7.19. The first kappa shape index (κ1) is 19.8. The number of hydrogen-bond donors (Lipinski definition) is 3. The van der Waals surface area contributed by atoms with Crippen LogP contribution in [0.4, 0.5) is 4.39 Å². The second-order valence-electron chi connectivity index (χ2n) is 7.06. The van der Waals surface area contributed by atoms with Crippen LogP contribution < -0.4 is 0 Å². The van der Waals surface area contributed by atoms with Gasteiger partial charge in [0, 0.05) is 16.0 Å². The van der Waals surface area contributed by atoms with Crippen LogP contribution in [-0.4, -0.2) is 44.9 Å². The molecule has 148 valence electrons. The lowest BCUT2D eigenvalue weighted by atomic mass is 9.77. The first-order valence-corrected chi connectivity index (χ1v) is 10.1. The molecule has 3 N–H and O–H groups in total. The zero-order valence-corrected chi connectivity index (χ0v) is 16.4. The lowest BCUT2D eigenvalue weighted by Crippen LogP contribution is -2.69. The van der Waals surface area contributed by atoms with Gasteiger partial charge in [0.25, 0.3) is 0 Å². The highest BCUT2D eigenvalue weighted by atomic mass is 35.5. The quantitative estimate of drug-likeness (QED) is 0.562. The third kappa shape index (κ3) is 3.14. The van der Waals surface area contributed by atoms with Crippen LogP contribution >= 0.6 is 22.9 Å². The molecule has 4 nitrogen and oxygen atoms in total. The molecular weight excluding hydrogens is 403 g/mol. The molecule has 1 aromatic heterocycles. The van der Waals surface area contributed by atoms with Crippen molar-refractivity contribution in [3.05, 3.63) is 71.1 Å². The third-order valence-electron chi connectivity index (χ3n) is 5.28. The Hall–Kier alpha value is -1.54. The Labute approximate surface area is 170 Å². The molecule has 2 heterocycles. The van der Waals surface area contributed by atoms with Crippen LogP contribution in [0.2, 0.25) is 0 Å². The molecule has 2 aromatic carbocycles. The summed E-state index contributed by atoms with van der Waals surface area (Å²) in [6, 6.07) is 18.2. The van der Waals surface area contributed by atoms with Crippen molar-refractivity contribution >= 4 is 33.0 Å². The van der Waals surface area contributed by atoms with E-state index in [2.05, 4.69) is 0 Å². The van der Waals surface area contributed by atoms with Crippen molar-refractivity contribution in [2.45, 2.75) is 35.5 Å². The molecular formula is C21H20ClFO4S. The molecule has 1 saturated heterocycles. The fourth-order valence-corrected chi connectivity index (χ4v) is 5.19. The Balaban J connectivity index is 1.75. The Morgan fingerprint density at radius 3 is 2.46 bits per heavy atom. The zero-order chi connectivity index (χ0) is 19.9. The number of benzene rings is 2. The number of alkyl halides is 2. The van der Waals surface area contributed by atoms with Crippen LogP contribution in [0.25, 0.3) is 10.1 Å². The molecule has 5 atom stereocenters. The molecule has 0 unspecified atom stereocenters. The predicted octanol–water partition coefficient (Wildman–Crippen LogP) is 3.57. The van der Waals surface area contributed by atoms with E-state index in [9.17, 15) is 15.3 Å². The summed E-state index contributed by atoms with van der Waals surface area (Å²) >= 11 is 7.48. The van der Waals surface area contributed by atoms with Crippen molar-refractivity contribution in [3.63, 3.8) is 0 Å². The summed E-state index contributed by atoms with van der Waals surface area (Å²) in [6.07, 6.45) is -4.37. The monoisotopic (exact) mass is 422 g/mol. The van der Waals surface area contributed by atoms with Gasteiger partial charge >= 0.3 is 0 Å². The van der Waals surface area contributed by atoms with Gasteiger partial charge in [-0.1, -0.05) is 60.1 Å². The minimum atomic E-state index is -2.87. The standard InChI is InChI=1S/C21H20ClFO4S/c22-21(23)17(12-24)27-18(13-6-2-1-3-7-13)19(25)20(21,26)11-15-10-14-8-4-5-9-16(14)28-15/h1-10,17-19,24-26H,11-12H2/t17-,18+,19+,20-,21+/m1/s1. The molecule has 0 saturated carbocycles. The van der Waals surface area contributed by atoms with Crippen molar-refractivity contribution in [2.24, 2.45) is 0 Å². The van der Waals surface area contributed by atoms with E-state index in [0.717, 1.165) is 10.1 Å². The fourth-order valence-electron chi connectivity index (χ4n) is 3.74. The average Bonchev–Trinajstić information content (AvgIpc) is 3.09. The molecule has 0 aliphatic carbocycles. The number of hydrogen-bond acceptors (Lipinski definition) is 5. The second kappa shape index (κ2) is 7.37. The molecule has 4 rings (SSSR count). The number of ether oxygens (including phenoxy) is 1. The van der Waals surface area contributed by atoms with E-state index in [-0.39, 0.29) is 6.42 Å². The van der Waals surface area contributed by atoms with Gasteiger partial charge in [-0.25, -0.2) is 4.39 Å². The van der Waals surface area contributed by atoms with Gasteiger partial charge in [0.05, 0.1) is 6.61 Å². The smallest absolute Gasteiger partial charge is 0.242 e. The SMILES string of the molecule is OC[C@H]1O[C@@H](c2ccccc2)[C@H](O)[C@](O)(Cc2cc3ccccc3s2)[C@]1(F)Cl. The number of rotatable bonds is 4. The number of fused-ring (bicyclic) bond motifs is 1. The molecule has 3 aromatic rings. The third-order valence-corrected chi connectivity index (χ3v) is 6.97. The van der Waals surface area contributed by atoms with Crippen molar-refractivity contribution in [1.29, 1.82) is 0 Å². The van der Waals surface area contributed by atoms with Gasteiger partial charge in [0.1, 0.15) is 23.9 Å². The van der Waals surface area contributed by atoms with Crippen LogP contribution in [0.3, 0.4) is 0 Å². The first-order chi connectivity index (χ1) is 13.4. The summed E-state index contributed by atoms with van der Waals surface area (Å²) < 4.78 is 22.1. The molecule has 1 aliphatic rings. The molecule has 1 fully saturated rings. The maximum Gasteiger partial charge on any atom is 0.242 e. The predicted molar refractivity (Wildman–Crippen MR) is 107 cm³/mol. The zero-order valence-electron chi connectivity index (χ0n) is 14.8. The van der Waals surface area contributed by atoms with Crippen LogP contribution in [0.5, 0.6) is 0 Å². The summed E-state index contributed by atoms with van der Waals surface area (Å²) in [5, 5.41) is 30.0. The van der Waals surface area contributed by atoms with E-state index in [4.69, 9.17) is 16.3 Å². The number of aliphatic hydroxyl groups is 3. The molecule has 0 spiro atoms. The molecule has 0 amide bonds. The maximum absolute atomic E-state index is 15.5. The van der Waals surface area contributed by atoms with E-state index < -0.39 is 35.6 Å². The largest absolute Gasteiger partial charge is 0.393 e. The van der Waals surface area contributed by atoms with Gasteiger partial charge in [-0.3, -0.25) is 0 Å². The highest BCUT2D eigenvalue weighted by Crippen LogP contribution is 2.50. The van der Waals surface area contributed by atoms with E-state index >= 15 is 4.39 Å². The van der Waals surface area contributed by atoms with Gasteiger partial charge in [0.15, 0.2) is 0 Å². The number of halogens is 2. The molecule has 1 aliphatic heterocycles. The van der Waals surface area contributed by atoms with Gasteiger partial charge in [-0.15, -0.1) is 11.3 Å². The summed E-state index contributed by atoms with van der Waals surface area (Å²) in [5.41, 5.74) is -1.79. The van der Waals surface area contributed by atoms with Crippen LogP contribution in [0.1, 0.15) is 16.5 Å². The first-order valence-electron chi connectivity index (χ1n) is 8.94. The van der Waals surface area contributed by atoms with Crippen LogP contribution in [-0.2, 0) is 11.2 Å². The average molecular weight is 423 g/mol. The molecule has 28 heavy (non-hydrogen) atoms. The lowest BCUT2D eigenvalue weighted by Gasteiger charge is -2.51. The maximum atomic E-state index is 15.5. The van der Waals surface area contributed by atoms with Crippen molar-refractivity contribution < 1.29 is 24.4 Å². The molecule has 7 heteroatoms. The van der Waals surface area contributed by atoms with E-state index in [1.54, 1.807) is 30.3 Å². The summed E-state index contributed by atoms with van der Waals surface area (Å²) in [7, 11) is 0. The summed E-state index contributed by atoms with van der Waals surface area (Å²) in [5.74, 6) is 0. The van der Waals surface area contributed by atoms with Crippen molar-refractivity contribution in [3.8, 4) is 0 Å². The van der Waals surface area contributed by atoms with Gasteiger partial charge in [-0.05, 0) is 23.1 Å². The highest BCUT2D eigenvalue weighted by Gasteiger charge is 2.65. The van der Waals surface area contributed by atoms with Crippen molar-refractivity contribution in [2.75, 3.05) is 6.61 Å². The minimum Gasteiger partial charge on any atom is -0.393 e.